The molecule has 0 amide bonds. The van der Waals surface area contributed by atoms with Gasteiger partial charge in [-0.2, -0.15) is 0 Å². The Hall–Kier alpha value is -0.770. The van der Waals surface area contributed by atoms with Gasteiger partial charge in [0.1, 0.15) is 5.75 Å². The van der Waals surface area contributed by atoms with Gasteiger partial charge in [-0.3, -0.25) is 0 Å². The molecule has 3 nitrogen and oxygen atoms in total. The smallest absolute Gasteiger partial charge is 0.124 e. The van der Waals surface area contributed by atoms with E-state index in [2.05, 4.69) is 12.2 Å². The van der Waals surface area contributed by atoms with Gasteiger partial charge in [-0.15, -0.1) is 0 Å². The fourth-order valence-electron chi connectivity index (χ4n) is 2.24. The van der Waals surface area contributed by atoms with Crippen LogP contribution in [0.1, 0.15) is 31.7 Å². The van der Waals surface area contributed by atoms with Crippen LogP contribution in [0.3, 0.4) is 0 Å². The lowest BCUT2D eigenvalue weighted by Gasteiger charge is -2.17. The minimum Gasteiger partial charge on any atom is -0.496 e. The lowest BCUT2D eigenvalue weighted by Crippen LogP contribution is -2.23. The first-order valence-electron chi connectivity index (χ1n) is 6.85. The molecule has 0 spiro atoms. The van der Waals surface area contributed by atoms with Gasteiger partial charge < -0.3 is 15.2 Å². The maximum Gasteiger partial charge on any atom is 0.124 e. The van der Waals surface area contributed by atoms with Crippen LogP contribution in [0.2, 0.25) is 5.02 Å². The highest BCUT2D eigenvalue weighted by atomic mass is 35.5. The highest BCUT2D eigenvalue weighted by Crippen LogP contribution is 2.26. The molecule has 1 rings (SSSR count). The van der Waals surface area contributed by atoms with Crippen LogP contribution in [0.25, 0.3) is 0 Å². The zero-order chi connectivity index (χ0) is 14.1. The van der Waals surface area contributed by atoms with E-state index in [4.69, 9.17) is 21.4 Å². The summed E-state index contributed by atoms with van der Waals surface area (Å²) in [5.41, 5.74) is 0.992. The van der Waals surface area contributed by atoms with Gasteiger partial charge in [-0.25, -0.2) is 0 Å². The zero-order valence-corrected chi connectivity index (χ0v) is 12.5. The maximum atomic E-state index is 9.04. The summed E-state index contributed by atoms with van der Waals surface area (Å²) < 4.78 is 5.31. The van der Waals surface area contributed by atoms with Crippen molar-refractivity contribution in [2.24, 2.45) is 5.92 Å². The predicted molar refractivity (Wildman–Crippen MR) is 79.8 cm³/mol. The first-order valence-corrected chi connectivity index (χ1v) is 7.23. The van der Waals surface area contributed by atoms with E-state index in [-0.39, 0.29) is 6.61 Å². The highest BCUT2D eigenvalue weighted by Gasteiger charge is 2.10. The minimum atomic E-state index is 0.252. The molecule has 0 saturated carbocycles. The van der Waals surface area contributed by atoms with Crippen molar-refractivity contribution in [3.05, 3.63) is 28.8 Å². The third-order valence-electron chi connectivity index (χ3n) is 3.26. The third-order valence-corrected chi connectivity index (χ3v) is 3.62. The molecule has 0 saturated heterocycles. The second kappa shape index (κ2) is 9.18. The van der Waals surface area contributed by atoms with Gasteiger partial charge in [0, 0.05) is 23.7 Å². The fraction of sp³-hybridized carbons (Fsp3) is 0.600. The molecule has 1 aromatic rings. The lowest BCUT2D eigenvalue weighted by atomic mass is 10.00. The lowest BCUT2D eigenvalue weighted by molar-refractivity contribution is 0.248. The molecule has 1 aromatic carbocycles. The van der Waals surface area contributed by atoms with Crippen LogP contribution >= 0.6 is 11.6 Å². The number of rotatable bonds is 9. The number of hydrogen-bond donors (Lipinski definition) is 2. The van der Waals surface area contributed by atoms with Crippen molar-refractivity contribution < 1.29 is 9.84 Å². The molecule has 0 fully saturated rings. The monoisotopic (exact) mass is 285 g/mol. The van der Waals surface area contributed by atoms with E-state index in [0.29, 0.717) is 12.5 Å². The first-order chi connectivity index (χ1) is 9.22. The molecule has 0 aliphatic carbocycles. The number of halogens is 1. The van der Waals surface area contributed by atoms with Crippen molar-refractivity contribution in [3.8, 4) is 5.75 Å². The fourth-order valence-corrected chi connectivity index (χ4v) is 2.47. The number of ether oxygens (including phenoxy) is 1. The number of methoxy groups -OCH3 is 1. The number of aliphatic hydroxyl groups excluding tert-OH is 1. The summed E-state index contributed by atoms with van der Waals surface area (Å²) in [6.45, 7) is 4.00. The van der Waals surface area contributed by atoms with Gasteiger partial charge in [0.25, 0.3) is 0 Å². The molecular formula is C15H24ClNO2. The molecule has 0 radical (unpaired) electrons. The van der Waals surface area contributed by atoms with Gasteiger partial charge in [0.2, 0.25) is 0 Å². The summed E-state index contributed by atoms with van der Waals surface area (Å²) in [6.07, 6.45) is 3.12. The van der Waals surface area contributed by atoms with E-state index in [9.17, 15) is 0 Å². The molecule has 108 valence electrons. The average molecular weight is 286 g/mol. The normalized spacial score (nSPS) is 12.4. The second-order valence-corrected chi connectivity index (χ2v) is 5.13. The summed E-state index contributed by atoms with van der Waals surface area (Å²) in [6, 6.07) is 5.68. The molecule has 4 heteroatoms. The van der Waals surface area contributed by atoms with Crippen LogP contribution in [0, 0.1) is 5.92 Å². The molecule has 0 heterocycles. The van der Waals surface area contributed by atoms with E-state index in [1.54, 1.807) is 7.11 Å². The Morgan fingerprint density at radius 2 is 2.16 bits per heavy atom. The predicted octanol–water partition coefficient (Wildman–Crippen LogP) is 3.24. The standard InChI is InChI=1S/C15H24ClNO2/c1-3-5-12(8-9-18)10-17-11-13-14(16)6-4-7-15(13)19-2/h4,6-7,12,17-18H,3,5,8-11H2,1-2H3. The van der Waals surface area contributed by atoms with Gasteiger partial charge in [-0.05, 0) is 37.4 Å². The molecule has 0 aliphatic heterocycles. The van der Waals surface area contributed by atoms with Crippen molar-refractivity contribution in [2.45, 2.75) is 32.7 Å². The highest BCUT2D eigenvalue weighted by molar-refractivity contribution is 6.31. The summed E-state index contributed by atoms with van der Waals surface area (Å²) in [5.74, 6) is 1.33. The Kier molecular flexibility index (Phi) is 7.87. The van der Waals surface area contributed by atoms with Crippen LogP contribution in [0.15, 0.2) is 18.2 Å². The van der Waals surface area contributed by atoms with Gasteiger partial charge in [-0.1, -0.05) is 31.0 Å². The summed E-state index contributed by atoms with van der Waals surface area (Å²) >= 11 is 6.19. The molecule has 1 unspecified atom stereocenters. The number of aliphatic hydroxyl groups is 1. The number of nitrogens with one attached hydrogen (secondary N) is 1. The van der Waals surface area contributed by atoms with Crippen molar-refractivity contribution in [1.82, 2.24) is 5.32 Å². The minimum absolute atomic E-state index is 0.252. The Balaban J connectivity index is 2.52. The van der Waals surface area contributed by atoms with E-state index < -0.39 is 0 Å². The number of hydrogen-bond acceptors (Lipinski definition) is 3. The number of benzene rings is 1. The van der Waals surface area contributed by atoms with E-state index >= 15 is 0 Å². The molecule has 1 atom stereocenters. The Bertz CT molecular complexity index is 365. The van der Waals surface area contributed by atoms with E-state index in [0.717, 1.165) is 42.1 Å². The van der Waals surface area contributed by atoms with Gasteiger partial charge in [0.05, 0.1) is 7.11 Å². The first kappa shape index (κ1) is 16.3. The van der Waals surface area contributed by atoms with Crippen molar-refractivity contribution in [2.75, 3.05) is 20.3 Å². The van der Waals surface area contributed by atoms with Crippen molar-refractivity contribution in [3.63, 3.8) is 0 Å². The van der Waals surface area contributed by atoms with Crippen molar-refractivity contribution >= 4 is 11.6 Å². The Morgan fingerprint density at radius 1 is 1.37 bits per heavy atom. The largest absolute Gasteiger partial charge is 0.496 e. The van der Waals surface area contributed by atoms with E-state index in [1.807, 2.05) is 18.2 Å². The van der Waals surface area contributed by atoms with E-state index in [1.165, 1.54) is 0 Å². The van der Waals surface area contributed by atoms with Gasteiger partial charge >= 0.3 is 0 Å². The van der Waals surface area contributed by atoms with Crippen LogP contribution in [0.4, 0.5) is 0 Å². The molecule has 2 N–H and O–H groups in total. The van der Waals surface area contributed by atoms with Crippen LogP contribution < -0.4 is 10.1 Å². The zero-order valence-electron chi connectivity index (χ0n) is 11.8. The van der Waals surface area contributed by atoms with Crippen LogP contribution in [-0.4, -0.2) is 25.4 Å². The summed E-state index contributed by atoms with van der Waals surface area (Å²) in [7, 11) is 1.65. The topological polar surface area (TPSA) is 41.5 Å². The molecular weight excluding hydrogens is 262 g/mol. The average Bonchev–Trinajstić information content (AvgIpc) is 2.41. The van der Waals surface area contributed by atoms with Crippen molar-refractivity contribution in [1.29, 1.82) is 0 Å². The molecule has 0 aromatic heterocycles. The summed E-state index contributed by atoms with van der Waals surface area (Å²) in [5, 5.41) is 13.2. The maximum absolute atomic E-state index is 9.04. The Morgan fingerprint density at radius 3 is 2.79 bits per heavy atom. The Labute approximate surface area is 120 Å². The summed E-state index contributed by atoms with van der Waals surface area (Å²) in [4.78, 5) is 0. The van der Waals surface area contributed by atoms with Crippen LogP contribution in [-0.2, 0) is 6.54 Å². The van der Waals surface area contributed by atoms with Gasteiger partial charge in [0.15, 0.2) is 0 Å². The molecule has 19 heavy (non-hydrogen) atoms. The second-order valence-electron chi connectivity index (χ2n) is 4.72. The quantitative estimate of drug-likeness (QED) is 0.732. The third kappa shape index (κ3) is 5.39. The molecule has 0 bridgehead atoms. The molecule has 0 aliphatic rings. The van der Waals surface area contributed by atoms with Crippen LogP contribution in [0.5, 0.6) is 5.75 Å². The SMILES string of the molecule is CCCC(CCO)CNCc1c(Cl)cccc1OC.